The number of fused-ring (bicyclic) bond motifs is 1. The molecular formula is C16H20N6O3. The molecule has 0 bridgehead atoms. The van der Waals surface area contributed by atoms with E-state index in [1.165, 1.54) is 0 Å². The molecule has 3 rings (SSSR count). The van der Waals surface area contributed by atoms with Gasteiger partial charge in [-0.3, -0.25) is 5.32 Å². The molecule has 0 radical (unpaired) electrons. The second-order valence-corrected chi connectivity index (χ2v) is 5.43. The monoisotopic (exact) mass is 344 g/mol. The highest BCUT2D eigenvalue weighted by Crippen LogP contribution is 2.34. The molecule has 0 spiro atoms. The molecule has 0 saturated carbocycles. The summed E-state index contributed by atoms with van der Waals surface area (Å²) in [7, 11) is 0. The fourth-order valence-corrected chi connectivity index (χ4v) is 2.27. The van der Waals surface area contributed by atoms with Crippen molar-refractivity contribution in [3.8, 4) is 11.5 Å². The lowest BCUT2D eigenvalue weighted by Crippen LogP contribution is -2.21. The fourth-order valence-electron chi connectivity index (χ4n) is 2.27. The second kappa shape index (κ2) is 7.67. The lowest BCUT2D eigenvalue weighted by molar-refractivity contribution is 0.174. The summed E-state index contributed by atoms with van der Waals surface area (Å²) in [6, 6.07) is 6.51. The van der Waals surface area contributed by atoms with Crippen molar-refractivity contribution in [3.05, 3.63) is 30.0 Å². The topological polar surface area (TPSA) is 123 Å². The first kappa shape index (κ1) is 16.8. The summed E-state index contributed by atoms with van der Waals surface area (Å²) in [6.45, 7) is 3.31. The van der Waals surface area contributed by atoms with Crippen LogP contribution in [0.4, 0.5) is 22.2 Å². The Morgan fingerprint density at radius 3 is 2.88 bits per heavy atom. The number of anilines is 3. The van der Waals surface area contributed by atoms with Crippen LogP contribution in [0.25, 0.3) is 0 Å². The number of carbonyl (C=O) groups excluding carboxylic acids is 1. The summed E-state index contributed by atoms with van der Waals surface area (Å²) < 4.78 is 10.5. The standard InChI is InChI=1S/C16H20N6O3/c1-10-7-14(18-6-2-5-17)21-15(19-10)22-16(23)20-11-3-4-12-13(8-11)25-9-24-12/h3-4,7-8H,2,5-6,9,17H2,1H3,(H3,18,19,20,21,22,23). The zero-order valence-electron chi connectivity index (χ0n) is 13.8. The van der Waals surface area contributed by atoms with E-state index in [4.69, 9.17) is 15.2 Å². The minimum Gasteiger partial charge on any atom is -0.454 e. The lowest BCUT2D eigenvalue weighted by atomic mass is 10.3. The van der Waals surface area contributed by atoms with Gasteiger partial charge in [0.05, 0.1) is 0 Å². The first-order chi connectivity index (χ1) is 12.1. The highest BCUT2D eigenvalue weighted by Gasteiger charge is 2.14. The van der Waals surface area contributed by atoms with Crippen molar-refractivity contribution in [3.63, 3.8) is 0 Å². The zero-order valence-corrected chi connectivity index (χ0v) is 13.8. The Hall–Kier alpha value is -3.07. The van der Waals surface area contributed by atoms with E-state index in [2.05, 4.69) is 25.9 Å². The van der Waals surface area contributed by atoms with Crippen molar-refractivity contribution in [2.45, 2.75) is 13.3 Å². The summed E-state index contributed by atoms with van der Waals surface area (Å²) >= 11 is 0. The van der Waals surface area contributed by atoms with Gasteiger partial charge in [0.1, 0.15) is 5.82 Å². The number of rotatable bonds is 6. The van der Waals surface area contributed by atoms with Crippen LogP contribution in [0, 0.1) is 6.92 Å². The van der Waals surface area contributed by atoms with Gasteiger partial charge in [-0.2, -0.15) is 4.98 Å². The Morgan fingerprint density at radius 1 is 1.20 bits per heavy atom. The molecule has 2 amide bonds. The zero-order chi connectivity index (χ0) is 17.6. The van der Waals surface area contributed by atoms with Gasteiger partial charge in [0.15, 0.2) is 11.5 Å². The molecule has 1 aromatic carbocycles. The predicted octanol–water partition coefficient (Wildman–Crippen LogP) is 1.92. The molecule has 9 heteroatoms. The number of aryl methyl sites for hydroxylation is 1. The third-order valence-electron chi connectivity index (χ3n) is 3.40. The molecule has 132 valence electrons. The molecule has 0 aliphatic carbocycles. The van der Waals surface area contributed by atoms with Crippen LogP contribution in [-0.4, -0.2) is 35.9 Å². The minimum absolute atomic E-state index is 0.183. The van der Waals surface area contributed by atoms with E-state index in [9.17, 15) is 4.79 Å². The van der Waals surface area contributed by atoms with Gasteiger partial charge >= 0.3 is 6.03 Å². The maximum absolute atomic E-state index is 12.2. The number of nitrogens with two attached hydrogens (primary N) is 1. The SMILES string of the molecule is Cc1cc(NCCCN)nc(NC(=O)Nc2ccc3c(c2)OCO3)n1. The molecule has 25 heavy (non-hydrogen) atoms. The van der Waals surface area contributed by atoms with Gasteiger partial charge in [0, 0.05) is 30.1 Å². The number of carbonyl (C=O) groups is 1. The number of nitrogens with one attached hydrogen (secondary N) is 3. The van der Waals surface area contributed by atoms with Crippen molar-refractivity contribution in [2.75, 3.05) is 35.8 Å². The van der Waals surface area contributed by atoms with Crippen LogP contribution >= 0.6 is 0 Å². The molecule has 2 heterocycles. The van der Waals surface area contributed by atoms with Crippen molar-refractivity contribution in [2.24, 2.45) is 5.73 Å². The first-order valence-corrected chi connectivity index (χ1v) is 7.91. The van der Waals surface area contributed by atoms with Gasteiger partial charge in [-0.25, -0.2) is 9.78 Å². The van der Waals surface area contributed by atoms with Crippen LogP contribution < -0.4 is 31.2 Å². The highest BCUT2D eigenvalue weighted by atomic mass is 16.7. The van der Waals surface area contributed by atoms with Crippen LogP contribution in [0.5, 0.6) is 11.5 Å². The van der Waals surface area contributed by atoms with Crippen molar-refractivity contribution >= 4 is 23.5 Å². The molecule has 9 nitrogen and oxygen atoms in total. The minimum atomic E-state index is -0.447. The fraction of sp³-hybridized carbons (Fsp3) is 0.312. The van der Waals surface area contributed by atoms with E-state index < -0.39 is 6.03 Å². The van der Waals surface area contributed by atoms with E-state index >= 15 is 0 Å². The van der Waals surface area contributed by atoms with Gasteiger partial charge in [-0.05, 0) is 32.0 Å². The Kier molecular flexibility index (Phi) is 5.14. The number of urea groups is 1. The average molecular weight is 344 g/mol. The molecule has 1 aromatic heterocycles. The Labute approximate surface area is 144 Å². The van der Waals surface area contributed by atoms with Crippen LogP contribution in [0.1, 0.15) is 12.1 Å². The van der Waals surface area contributed by atoms with Crippen molar-refractivity contribution in [1.82, 2.24) is 9.97 Å². The first-order valence-electron chi connectivity index (χ1n) is 7.91. The second-order valence-electron chi connectivity index (χ2n) is 5.43. The molecule has 0 saturated heterocycles. The summed E-state index contributed by atoms with van der Waals surface area (Å²) in [4.78, 5) is 20.6. The number of aromatic nitrogens is 2. The number of ether oxygens (including phenoxy) is 2. The predicted molar refractivity (Wildman–Crippen MR) is 94.1 cm³/mol. The van der Waals surface area contributed by atoms with Crippen LogP contribution in [0.15, 0.2) is 24.3 Å². The van der Waals surface area contributed by atoms with Gasteiger partial charge in [-0.1, -0.05) is 0 Å². The Morgan fingerprint density at radius 2 is 2.04 bits per heavy atom. The number of hydrogen-bond acceptors (Lipinski definition) is 7. The lowest BCUT2D eigenvalue weighted by Gasteiger charge is -2.10. The average Bonchev–Trinajstić information content (AvgIpc) is 3.02. The van der Waals surface area contributed by atoms with Gasteiger partial charge in [-0.15, -0.1) is 0 Å². The van der Waals surface area contributed by atoms with Gasteiger partial charge in [0.25, 0.3) is 0 Å². The summed E-state index contributed by atoms with van der Waals surface area (Å²) in [6.07, 6.45) is 0.830. The van der Waals surface area contributed by atoms with E-state index in [-0.39, 0.29) is 12.7 Å². The van der Waals surface area contributed by atoms with Gasteiger partial charge in [0.2, 0.25) is 12.7 Å². The van der Waals surface area contributed by atoms with Crippen LogP contribution in [-0.2, 0) is 0 Å². The summed E-state index contributed by atoms with van der Waals surface area (Å²) in [5.74, 6) is 2.10. The van der Waals surface area contributed by atoms with E-state index in [0.29, 0.717) is 36.1 Å². The molecule has 0 atom stereocenters. The smallest absolute Gasteiger partial charge is 0.326 e. The normalized spacial score (nSPS) is 11.9. The quantitative estimate of drug-likeness (QED) is 0.590. The number of amides is 2. The third-order valence-corrected chi connectivity index (χ3v) is 3.40. The van der Waals surface area contributed by atoms with Crippen LogP contribution in [0.3, 0.4) is 0 Å². The van der Waals surface area contributed by atoms with Crippen LogP contribution in [0.2, 0.25) is 0 Å². The van der Waals surface area contributed by atoms with E-state index in [1.807, 2.05) is 6.92 Å². The van der Waals surface area contributed by atoms with E-state index in [1.54, 1.807) is 24.3 Å². The molecule has 2 aromatic rings. The highest BCUT2D eigenvalue weighted by molar-refractivity contribution is 5.98. The number of nitrogens with zero attached hydrogens (tertiary/aromatic N) is 2. The Bertz CT molecular complexity index is 768. The van der Waals surface area contributed by atoms with Crippen molar-refractivity contribution < 1.29 is 14.3 Å². The maximum Gasteiger partial charge on any atom is 0.326 e. The molecule has 1 aliphatic rings. The maximum atomic E-state index is 12.2. The summed E-state index contributed by atoms with van der Waals surface area (Å²) in [5.41, 5.74) is 6.79. The molecular weight excluding hydrogens is 324 g/mol. The third kappa shape index (κ3) is 4.48. The number of hydrogen-bond donors (Lipinski definition) is 4. The number of benzene rings is 1. The van der Waals surface area contributed by atoms with Crippen molar-refractivity contribution in [1.29, 1.82) is 0 Å². The molecule has 0 fully saturated rings. The van der Waals surface area contributed by atoms with E-state index in [0.717, 1.165) is 12.1 Å². The summed E-state index contributed by atoms with van der Waals surface area (Å²) in [5, 5.41) is 8.47. The molecule has 1 aliphatic heterocycles. The largest absolute Gasteiger partial charge is 0.454 e. The van der Waals surface area contributed by atoms with Gasteiger partial charge < -0.3 is 25.8 Å². The molecule has 5 N–H and O–H groups in total. The Balaban J connectivity index is 1.62. The molecule has 0 unspecified atom stereocenters.